The Bertz CT molecular complexity index is 768. The Morgan fingerprint density at radius 3 is 1.44 bits per heavy atom. The Labute approximate surface area is 199 Å². The van der Waals surface area contributed by atoms with Gasteiger partial charge in [-0.2, -0.15) is 0 Å². The Morgan fingerprint density at radius 2 is 1.19 bits per heavy atom. The molecule has 6 N–H and O–H groups in total. The molecular weight excluding hydrogens is 431 g/mol. The summed E-state index contributed by atoms with van der Waals surface area (Å²) in [5.41, 5.74) is 1.08. The maximum absolute atomic E-state index is 11.9. The van der Waals surface area contributed by atoms with E-state index in [1.807, 2.05) is 0 Å². The summed E-state index contributed by atoms with van der Waals surface area (Å²) in [7, 11) is 0. The van der Waals surface area contributed by atoms with Crippen LogP contribution in [0.5, 0.6) is 0 Å². The zero-order chi connectivity index (χ0) is 23.8. The minimum atomic E-state index is -0.657. The van der Waals surface area contributed by atoms with Gasteiger partial charge in [-0.1, -0.05) is 12.1 Å². The molecule has 0 amide bonds. The monoisotopic (exact) mass is 464 g/mol. The molecule has 170 valence electrons. The summed E-state index contributed by atoms with van der Waals surface area (Å²) in [4.78, 5) is 43.2. The quantitative estimate of drug-likeness (QED) is 0.135. The third-order valence-electron chi connectivity index (χ3n) is 3.44. The predicted octanol–water partition coefficient (Wildman–Crippen LogP) is 1.88. The van der Waals surface area contributed by atoms with E-state index in [1.54, 1.807) is 45.0 Å². The number of rotatable bonds is 10. The van der Waals surface area contributed by atoms with Gasteiger partial charge in [0.05, 0.1) is 38.4 Å². The average molecular weight is 464 g/mol. The van der Waals surface area contributed by atoms with Gasteiger partial charge in [0.2, 0.25) is 0 Å². The molecule has 0 saturated carbocycles. The van der Waals surface area contributed by atoms with Gasteiger partial charge in [-0.05, 0) is 26.0 Å². The second-order valence-electron chi connectivity index (χ2n) is 5.92. The first-order valence-corrected chi connectivity index (χ1v) is 9.80. The van der Waals surface area contributed by atoms with Crippen LogP contribution in [0.2, 0.25) is 0 Å². The van der Waals surface area contributed by atoms with E-state index in [0.29, 0.717) is 18.0 Å². The van der Waals surface area contributed by atoms with Crippen molar-refractivity contribution in [2.24, 2.45) is 0 Å². The number of para-hydroxylation sites is 2. The molecule has 0 heterocycles. The van der Waals surface area contributed by atoms with Crippen LogP contribution in [-0.4, -0.2) is 75.4 Å². The first-order valence-electron chi connectivity index (χ1n) is 9.80. The van der Waals surface area contributed by atoms with Crippen LogP contribution in [0.4, 0.5) is 11.4 Å². The van der Waals surface area contributed by atoms with Gasteiger partial charge in [-0.15, -0.1) is 0 Å². The van der Waals surface area contributed by atoms with Crippen molar-refractivity contribution in [2.75, 3.05) is 30.5 Å². The maximum atomic E-state index is 11.9. The molecule has 9 nitrogen and oxygen atoms in total. The number of ketones is 2. The number of benzene rings is 1. The molecule has 0 aliphatic heterocycles. The van der Waals surface area contributed by atoms with Crippen molar-refractivity contribution < 1.29 is 33.8 Å². The zero-order valence-corrected chi connectivity index (χ0v) is 20.3. The fourth-order valence-electron chi connectivity index (χ4n) is 2.07. The van der Waals surface area contributed by atoms with Crippen molar-refractivity contribution in [3.05, 3.63) is 47.8 Å². The molecule has 0 bridgehead atoms. The summed E-state index contributed by atoms with van der Waals surface area (Å²) in [6.45, 7) is 8.75. The molecule has 32 heavy (non-hydrogen) atoms. The molecule has 0 fully saturated rings. The number of hydrogen-bond donors (Lipinski definition) is 2. The van der Waals surface area contributed by atoms with E-state index in [0.717, 1.165) is 0 Å². The smallest absolute Gasteiger partial charge is 0.462 e. The van der Waals surface area contributed by atoms with Gasteiger partial charge in [0.1, 0.15) is 6.61 Å². The van der Waals surface area contributed by atoms with Crippen molar-refractivity contribution >= 4 is 52.2 Å². The fraction of sp³-hybridized carbons (Fsp3) is 0.364. The first-order chi connectivity index (χ1) is 14.7. The minimum absolute atomic E-state index is 0. The van der Waals surface area contributed by atoms with E-state index >= 15 is 0 Å². The Kier molecular flexibility index (Phi) is 17.3. The predicted molar refractivity (Wildman–Crippen MR) is 128 cm³/mol. The number of carbonyl (C=O) groups excluding carboxylic acids is 4. The maximum Gasteiger partial charge on any atom is 3.00 e. The Hall–Kier alpha value is -2.93. The standard InChI is InChI=1S/C20H24N2O6.C2H6O.Al/c1-5-27-19(25)15(13(3)23)11-21-17-9-7-8-10-18(17)22-12-16(14(4)24)20(26)28-6-2;1-2-3;/h7-12,21-22H,5-6H2,1-4H3;3H,2H2,1H3;/q;;+3/p+3. The summed E-state index contributed by atoms with van der Waals surface area (Å²) < 4.78 is 9.81. The molecule has 1 rings (SSSR count). The topological polar surface area (TPSA) is 142 Å². The van der Waals surface area contributed by atoms with Gasteiger partial charge < -0.3 is 25.2 Å². The van der Waals surface area contributed by atoms with Crippen molar-refractivity contribution in [3.63, 3.8) is 0 Å². The zero-order valence-electron chi connectivity index (χ0n) is 19.2. The molecule has 0 aliphatic carbocycles. The van der Waals surface area contributed by atoms with Gasteiger partial charge in [0.15, 0.2) is 11.1 Å². The minimum Gasteiger partial charge on any atom is -0.462 e. The summed E-state index contributed by atoms with van der Waals surface area (Å²) in [6, 6.07) is 6.98. The van der Waals surface area contributed by atoms with E-state index in [1.165, 1.54) is 26.2 Å². The number of carbonyl (C=O) groups is 2. The van der Waals surface area contributed by atoms with Crippen molar-refractivity contribution in [1.29, 1.82) is 0 Å². The van der Waals surface area contributed by atoms with Crippen LogP contribution in [0.15, 0.2) is 47.8 Å². The van der Waals surface area contributed by atoms with E-state index < -0.39 is 11.9 Å². The molecule has 0 radical (unpaired) electrons. The molecule has 0 aromatic heterocycles. The van der Waals surface area contributed by atoms with Gasteiger partial charge >= 0.3 is 40.9 Å². The van der Waals surface area contributed by atoms with Crippen LogP contribution >= 0.6 is 0 Å². The second-order valence-corrected chi connectivity index (χ2v) is 5.92. The molecule has 0 aliphatic rings. The second kappa shape index (κ2) is 17.7. The molecule has 1 aromatic carbocycles. The molecular formula is C22H33AlN2O7+6. The number of esters is 2. The van der Waals surface area contributed by atoms with E-state index in [9.17, 15) is 19.2 Å². The third kappa shape index (κ3) is 11.5. The normalized spacial score (nSPS) is 10.6. The van der Waals surface area contributed by atoms with Crippen LogP contribution in [0.25, 0.3) is 0 Å². The summed E-state index contributed by atoms with van der Waals surface area (Å²) >= 11 is 0. The SMILES string of the molecule is CCOC(=O)C(=CNc1ccccc1NC=C(C(=O)OCC)C(C)=[OH+])C(C)=[OH+].CC[OH2+].[Al+3]. The fourth-order valence-corrected chi connectivity index (χ4v) is 2.07. The first kappa shape index (κ1) is 31.3. The number of nitrogens with one attached hydrogen (secondary N) is 2. The largest absolute Gasteiger partial charge is 3.00 e. The van der Waals surface area contributed by atoms with E-state index in [4.69, 9.17) is 14.6 Å². The summed E-state index contributed by atoms with van der Waals surface area (Å²) in [6.07, 6.45) is 2.65. The molecule has 0 spiro atoms. The van der Waals surface area contributed by atoms with Crippen LogP contribution < -0.4 is 10.6 Å². The van der Waals surface area contributed by atoms with Gasteiger partial charge in [-0.3, -0.25) is 9.59 Å². The van der Waals surface area contributed by atoms with Crippen molar-refractivity contribution in [2.45, 2.75) is 34.6 Å². The Balaban J connectivity index is 0. The molecule has 0 saturated heterocycles. The average Bonchev–Trinajstić information content (AvgIpc) is 2.69. The number of anilines is 2. The number of ether oxygens (including phenoxy) is 2. The molecule has 0 unspecified atom stereocenters. The van der Waals surface area contributed by atoms with Gasteiger partial charge in [0.25, 0.3) is 0 Å². The number of hydrogen-bond acceptors (Lipinski definition) is 6. The third-order valence-corrected chi connectivity index (χ3v) is 3.44. The summed E-state index contributed by atoms with van der Waals surface area (Å²) in [5.74, 6) is -1.69. The van der Waals surface area contributed by atoms with Gasteiger partial charge in [0, 0.05) is 19.3 Å². The molecule has 0 atom stereocenters. The Morgan fingerprint density at radius 1 is 0.875 bits per heavy atom. The molecule has 1 aromatic rings. The summed E-state index contributed by atoms with van der Waals surface area (Å²) in [5, 5.41) is 12.0. The van der Waals surface area contributed by atoms with Crippen LogP contribution in [0.3, 0.4) is 0 Å². The van der Waals surface area contributed by atoms with Crippen LogP contribution in [0, 0.1) is 0 Å². The van der Waals surface area contributed by atoms with Crippen LogP contribution in [-0.2, 0) is 19.1 Å². The van der Waals surface area contributed by atoms with Crippen molar-refractivity contribution in [3.8, 4) is 0 Å². The van der Waals surface area contributed by atoms with Gasteiger partial charge in [-0.25, -0.2) is 9.59 Å². The van der Waals surface area contributed by atoms with E-state index in [2.05, 4.69) is 10.6 Å². The van der Waals surface area contributed by atoms with Crippen LogP contribution in [0.1, 0.15) is 34.6 Å². The van der Waals surface area contributed by atoms with Crippen molar-refractivity contribution in [1.82, 2.24) is 0 Å². The molecule has 10 heteroatoms. The van der Waals surface area contributed by atoms with E-state index in [-0.39, 0.29) is 53.3 Å².